The molecule has 0 amide bonds. The summed E-state index contributed by atoms with van der Waals surface area (Å²) in [6, 6.07) is 18.2. The highest BCUT2D eigenvalue weighted by Gasteiger charge is 2.35. The molecule has 2 aromatic rings. The standard InChI is InChI=1S/C22H26O4/c1-22(24)14-20(26-21(23)15-22)12-6-10-17-9-5-11-19(13-17)25-16-18-7-3-2-4-8-18/h2-5,7-9,11,13,20,24H,6,10,12,14-16H2,1H3. The molecule has 1 aliphatic rings. The van der Waals surface area contributed by atoms with E-state index in [1.165, 1.54) is 5.56 Å². The summed E-state index contributed by atoms with van der Waals surface area (Å²) in [5, 5.41) is 10.1. The molecule has 1 N–H and O–H groups in total. The first-order chi connectivity index (χ1) is 12.5. The highest BCUT2D eigenvalue weighted by atomic mass is 16.5. The predicted octanol–water partition coefficient (Wildman–Crippen LogP) is 4.04. The van der Waals surface area contributed by atoms with Gasteiger partial charge in [0.25, 0.3) is 0 Å². The third kappa shape index (κ3) is 5.60. The van der Waals surface area contributed by atoms with E-state index in [9.17, 15) is 9.90 Å². The van der Waals surface area contributed by atoms with Gasteiger partial charge in [0.05, 0.1) is 12.0 Å². The Hall–Kier alpha value is -2.33. The van der Waals surface area contributed by atoms with Crippen LogP contribution in [-0.2, 0) is 22.6 Å². The highest BCUT2D eigenvalue weighted by molar-refractivity contribution is 5.71. The van der Waals surface area contributed by atoms with Crippen molar-refractivity contribution in [2.45, 2.75) is 57.3 Å². The minimum atomic E-state index is -0.939. The summed E-state index contributed by atoms with van der Waals surface area (Å²) >= 11 is 0. The van der Waals surface area contributed by atoms with Crippen molar-refractivity contribution in [3.05, 3.63) is 65.7 Å². The summed E-state index contributed by atoms with van der Waals surface area (Å²) in [5.41, 5.74) is 1.40. The van der Waals surface area contributed by atoms with Crippen LogP contribution in [0.5, 0.6) is 5.75 Å². The van der Waals surface area contributed by atoms with Gasteiger partial charge in [0.1, 0.15) is 18.5 Å². The van der Waals surface area contributed by atoms with Crippen LogP contribution in [0.4, 0.5) is 0 Å². The van der Waals surface area contributed by atoms with Crippen LogP contribution < -0.4 is 4.74 Å². The van der Waals surface area contributed by atoms with E-state index in [-0.39, 0.29) is 18.5 Å². The molecule has 0 aliphatic carbocycles. The lowest BCUT2D eigenvalue weighted by Crippen LogP contribution is -2.40. The topological polar surface area (TPSA) is 55.8 Å². The van der Waals surface area contributed by atoms with Gasteiger partial charge >= 0.3 is 5.97 Å². The Kier molecular flexibility index (Phi) is 5.94. The van der Waals surface area contributed by atoms with E-state index in [0.29, 0.717) is 13.0 Å². The number of benzene rings is 2. The van der Waals surface area contributed by atoms with Gasteiger partial charge in [0.2, 0.25) is 0 Å². The Morgan fingerprint density at radius 2 is 1.92 bits per heavy atom. The van der Waals surface area contributed by atoms with Gasteiger partial charge in [-0.3, -0.25) is 4.79 Å². The van der Waals surface area contributed by atoms with Crippen molar-refractivity contribution in [3.63, 3.8) is 0 Å². The van der Waals surface area contributed by atoms with Crippen LogP contribution in [0.15, 0.2) is 54.6 Å². The Balaban J connectivity index is 1.47. The minimum Gasteiger partial charge on any atom is -0.489 e. The van der Waals surface area contributed by atoms with Crippen molar-refractivity contribution in [2.24, 2.45) is 0 Å². The third-order valence-electron chi connectivity index (χ3n) is 4.63. The zero-order valence-electron chi connectivity index (χ0n) is 15.2. The molecule has 0 spiro atoms. The minimum absolute atomic E-state index is 0.0876. The number of aliphatic hydroxyl groups is 1. The van der Waals surface area contributed by atoms with Crippen LogP contribution >= 0.6 is 0 Å². The van der Waals surface area contributed by atoms with E-state index in [1.807, 2.05) is 42.5 Å². The second-order valence-corrected chi connectivity index (χ2v) is 7.30. The van der Waals surface area contributed by atoms with Crippen LogP contribution in [-0.4, -0.2) is 22.8 Å². The monoisotopic (exact) mass is 354 g/mol. The Morgan fingerprint density at radius 3 is 2.69 bits per heavy atom. The summed E-state index contributed by atoms with van der Waals surface area (Å²) < 4.78 is 11.2. The first kappa shape index (κ1) is 18.5. The second-order valence-electron chi connectivity index (χ2n) is 7.30. The molecule has 2 aromatic carbocycles. The van der Waals surface area contributed by atoms with Gasteiger partial charge < -0.3 is 14.6 Å². The molecule has 0 saturated carbocycles. The average Bonchev–Trinajstić information content (AvgIpc) is 2.60. The summed E-state index contributed by atoms with van der Waals surface area (Å²) in [5.74, 6) is 0.556. The van der Waals surface area contributed by atoms with Gasteiger partial charge in [0.15, 0.2) is 0 Å². The largest absolute Gasteiger partial charge is 0.489 e. The smallest absolute Gasteiger partial charge is 0.308 e. The first-order valence-electron chi connectivity index (χ1n) is 9.18. The molecular weight excluding hydrogens is 328 g/mol. The molecule has 3 rings (SSSR count). The summed E-state index contributed by atoms with van der Waals surface area (Å²) in [6.07, 6.45) is 2.96. The molecule has 0 bridgehead atoms. The Labute approximate surface area is 154 Å². The average molecular weight is 354 g/mol. The van der Waals surface area contributed by atoms with Crippen molar-refractivity contribution < 1.29 is 19.4 Å². The van der Waals surface area contributed by atoms with Crippen molar-refractivity contribution in [2.75, 3.05) is 0 Å². The SMILES string of the molecule is CC1(O)CC(=O)OC(CCCc2cccc(OCc3ccccc3)c2)C1. The lowest BCUT2D eigenvalue weighted by atomic mass is 9.90. The molecule has 26 heavy (non-hydrogen) atoms. The Morgan fingerprint density at radius 1 is 1.15 bits per heavy atom. The quantitative estimate of drug-likeness (QED) is 0.762. The molecule has 138 valence electrons. The maximum Gasteiger partial charge on any atom is 0.308 e. The van der Waals surface area contributed by atoms with Gasteiger partial charge in [-0.2, -0.15) is 0 Å². The van der Waals surface area contributed by atoms with Gasteiger partial charge in [-0.15, -0.1) is 0 Å². The lowest BCUT2D eigenvalue weighted by Gasteiger charge is -2.33. The molecule has 1 aliphatic heterocycles. The van der Waals surface area contributed by atoms with Crippen molar-refractivity contribution in [3.8, 4) is 5.75 Å². The maximum absolute atomic E-state index is 11.6. The normalized spacial score (nSPS) is 22.7. The first-order valence-corrected chi connectivity index (χ1v) is 9.18. The number of esters is 1. The summed E-state index contributed by atoms with van der Waals surface area (Å²) in [7, 11) is 0. The van der Waals surface area contributed by atoms with Gasteiger partial charge in [-0.05, 0) is 49.4 Å². The maximum atomic E-state index is 11.6. The zero-order valence-corrected chi connectivity index (χ0v) is 15.2. The van der Waals surface area contributed by atoms with E-state index >= 15 is 0 Å². The molecule has 0 radical (unpaired) electrons. The fourth-order valence-electron chi connectivity index (χ4n) is 3.37. The lowest BCUT2D eigenvalue weighted by molar-refractivity contribution is -0.168. The fraction of sp³-hybridized carbons (Fsp3) is 0.409. The molecule has 4 heteroatoms. The number of hydrogen-bond donors (Lipinski definition) is 1. The van der Waals surface area contributed by atoms with Crippen LogP contribution in [0.2, 0.25) is 0 Å². The van der Waals surface area contributed by atoms with E-state index in [2.05, 4.69) is 12.1 Å². The zero-order chi connectivity index (χ0) is 18.4. The van der Waals surface area contributed by atoms with Crippen LogP contribution in [0.1, 0.15) is 43.7 Å². The third-order valence-corrected chi connectivity index (χ3v) is 4.63. The number of carbonyl (C=O) groups excluding carboxylic acids is 1. The molecule has 1 heterocycles. The number of hydrogen-bond acceptors (Lipinski definition) is 4. The van der Waals surface area contributed by atoms with Crippen molar-refractivity contribution in [1.82, 2.24) is 0 Å². The van der Waals surface area contributed by atoms with E-state index in [0.717, 1.165) is 30.6 Å². The van der Waals surface area contributed by atoms with Crippen molar-refractivity contribution in [1.29, 1.82) is 0 Å². The fourth-order valence-corrected chi connectivity index (χ4v) is 3.37. The predicted molar refractivity (Wildman–Crippen MR) is 99.9 cm³/mol. The van der Waals surface area contributed by atoms with Gasteiger partial charge in [-0.1, -0.05) is 42.5 Å². The van der Waals surface area contributed by atoms with Crippen LogP contribution in [0.25, 0.3) is 0 Å². The number of cyclic esters (lactones) is 1. The highest BCUT2D eigenvalue weighted by Crippen LogP contribution is 2.28. The molecule has 1 saturated heterocycles. The number of carbonyl (C=O) groups is 1. The molecule has 2 atom stereocenters. The summed E-state index contributed by atoms with van der Waals surface area (Å²) in [4.78, 5) is 11.6. The second kappa shape index (κ2) is 8.37. The van der Waals surface area contributed by atoms with E-state index in [1.54, 1.807) is 6.92 Å². The molecule has 2 unspecified atom stereocenters. The van der Waals surface area contributed by atoms with Gasteiger partial charge in [-0.25, -0.2) is 0 Å². The van der Waals surface area contributed by atoms with Crippen LogP contribution in [0.3, 0.4) is 0 Å². The molecule has 0 aromatic heterocycles. The van der Waals surface area contributed by atoms with Crippen LogP contribution in [0, 0.1) is 0 Å². The number of aryl methyl sites for hydroxylation is 1. The molecular formula is C22H26O4. The van der Waals surface area contributed by atoms with Crippen molar-refractivity contribution >= 4 is 5.97 Å². The number of ether oxygens (including phenoxy) is 2. The summed E-state index contributed by atoms with van der Waals surface area (Å²) in [6.45, 7) is 2.26. The van der Waals surface area contributed by atoms with Gasteiger partial charge in [0, 0.05) is 6.42 Å². The molecule has 1 fully saturated rings. The van der Waals surface area contributed by atoms with E-state index < -0.39 is 5.60 Å². The molecule has 4 nitrogen and oxygen atoms in total. The van der Waals surface area contributed by atoms with E-state index in [4.69, 9.17) is 9.47 Å². The Bertz CT molecular complexity index is 724. The number of rotatable bonds is 7.